The second kappa shape index (κ2) is 9.57. The summed E-state index contributed by atoms with van der Waals surface area (Å²) in [6, 6.07) is 5.59. The molecule has 0 radical (unpaired) electrons. The van der Waals surface area contributed by atoms with Gasteiger partial charge in [0.1, 0.15) is 12.4 Å². The van der Waals surface area contributed by atoms with Gasteiger partial charge in [0.25, 0.3) is 0 Å². The number of nitrogens with two attached hydrogens (primary N) is 1. The van der Waals surface area contributed by atoms with Crippen LogP contribution in [0.15, 0.2) is 24.4 Å². The number of imidazole rings is 1. The molecule has 1 aliphatic heterocycles. The number of H-pyrrole nitrogens is 1. The first-order chi connectivity index (χ1) is 13.6. The lowest BCUT2D eigenvalue weighted by atomic mass is 10.0. The Balaban J connectivity index is 1.83. The van der Waals surface area contributed by atoms with E-state index in [9.17, 15) is 4.79 Å². The fourth-order valence-electron chi connectivity index (χ4n) is 3.24. The molecular weight excluding hydrogens is 358 g/mol. The fourth-order valence-corrected chi connectivity index (χ4v) is 3.24. The molecule has 2 heterocycles. The van der Waals surface area contributed by atoms with Crippen LogP contribution in [0.3, 0.4) is 0 Å². The van der Waals surface area contributed by atoms with Crippen LogP contribution in [-0.4, -0.2) is 42.9 Å². The molecule has 5 N–H and O–H groups in total. The Bertz CT molecular complexity index is 792. The first kappa shape index (κ1) is 20.2. The van der Waals surface area contributed by atoms with E-state index in [0.717, 1.165) is 48.6 Å². The molecule has 0 aliphatic carbocycles. The van der Waals surface area contributed by atoms with Crippen molar-refractivity contribution >= 4 is 17.5 Å². The van der Waals surface area contributed by atoms with Crippen molar-refractivity contribution in [3.63, 3.8) is 0 Å². The van der Waals surface area contributed by atoms with Gasteiger partial charge in [-0.05, 0) is 37.0 Å². The monoisotopic (exact) mass is 387 g/mol. The van der Waals surface area contributed by atoms with Crippen molar-refractivity contribution in [2.75, 3.05) is 37.5 Å². The van der Waals surface area contributed by atoms with Gasteiger partial charge in [-0.1, -0.05) is 13.3 Å². The molecule has 0 spiro atoms. The molecule has 152 valence electrons. The lowest BCUT2D eigenvalue weighted by Gasteiger charge is -2.18. The number of hydrogen-bond acceptors (Lipinski definition) is 6. The molecule has 0 fully saturated rings. The Morgan fingerprint density at radius 1 is 1.36 bits per heavy atom. The molecule has 2 bridgehead atoms. The summed E-state index contributed by atoms with van der Waals surface area (Å²) in [5.41, 5.74) is 9.63. The number of fused-ring (bicyclic) bond motifs is 4. The maximum Gasteiger partial charge on any atom is 0.411 e. The van der Waals surface area contributed by atoms with Crippen LogP contribution in [0.4, 0.5) is 16.2 Å². The summed E-state index contributed by atoms with van der Waals surface area (Å²) in [7, 11) is 1.56. The van der Waals surface area contributed by atoms with Crippen LogP contribution in [-0.2, 0) is 9.47 Å². The van der Waals surface area contributed by atoms with Gasteiger partial charge in [-0.3, -0.25) is 5.32 Å². The second-order valence-electron chi connectivity index (χ2n) is 7.21. The summed E-state index contributed by atoms with van der Waals surface area (Å²) in [5, 5.41) is 6.26. The predicted octanol–water partition coefficient (Wildman–Crippen LogP) is 3.50. The molecule has 8 heteroatoms. The van der Waals surface area contributed by atoms with Gasteiger partial charge in [0.05, 0.1) is 18.3 Å². The van der Waals surface area contributed by atoms with Crippen LogP contribution in [0, 0.1) is 5.92 Å². The normalized spacial score (nSPS) is 19.5. The minimum atomic E-state index is -0.508. The number of anilines is 2. The quantitative estimate of drug-likeness (QED) is 0.597. The molecule has 8 nitrogen and oxygen atoms in total. The Morgan fingerprint density at radius 2 is 2.21 bits per heavy atom. The van der Waals surface area contributed by atoms with E-state index in [1.54, 1.807) is 7.11 Å². The third-order valence-electron chi connectivity index (χ3n) is 4.86. The van der Waals surface area contributed by atoms with Gasteiger partial charge in [0, 0.05) is 36.8 Å². The summed E-state index contributed by atoms with van der Waals surface area (Å²) in [5.74, 6) is 1.31. The van der Waals surface area contributed by atoms with Crippen LogP contribution in [0.1, 0.15) is 38.1 Å². The van der Waals surface area contributed by atoms with E-state index in [1.165, 1.54) is 0 Å². The maximum atomic E-state index is 11.9. The fraction of sp³-hybridized carbons (Fsp3) is 0.500. The van der Waals surface area contributed by atoms with Crippen molar-refractivity contribution in [3.05, 3.63) is 30.2 Å². The van der Waals surface area contributed by atoms with Gasteiger partial charge >= 0.3 is 6.09 Å². The molecule has 2 aromatic rings. The van der Waals surface area contributed by atoms with E-state index >= 15 is 0 Å². The smallest absolute Gasteiger partial charge is 0.411 e. The molecule has 1 aromatic carbocycles. The summed E-state index contributed by atoms with van der Waals surface area (Å²) in [4.78, 5) is 19.8. The van der Waals surface area contributed by atoms with Crippen molar-refractivity contribution in [2.45, 2.75) is 32.2 Å². The number of amides is 1. The highest BCUT2D eigenvalue weighted by Gasteiger charge is 2.17. The highest BCUT2D eigenvalue weighted by atomic mass is 16.6. The van der Waals surface area contributed by atoms with Gasteiger partial charge in [-0.2, -0.15) is 0 Å². The Hall–Kier alpha value is -2.58. The number of nitrogens with zero attached hydrogens (tertiary/aromatic N) is 1. The van der Waals surface area contributed by atoms with Crippen LogP contribution >= 0.6 is 0 Å². The van der Waals surface area contributed by atoms with Gasteiger partial charge in [0.2, 0.25) is 0 Å². The average Bonchev–Trinajstić information content (AvgIpc) is 3.16. The molecule has 1 amide bonds. The Labute approximate surface area is 165 Å². The van der Waals surface area contributed by atoms with Crippen molar-refractivity contribution < 1.29 is 14.3 Å². The van der Waals surface area contributed by atoms with E-state index in [4.69, 9.17) is 15.2 Å². The highest BCUT2D eigenvalue weighted by molar-refractivity contribution is 5.88. The Morgan fingerprint density at radius 3 is 3.04 bits per heavy atom. The predicted molar refractivity (Wildman–Crippen MR) is 109 cm³/mol. The van der Waals surface area contributed by atoms with Crippen LogP contribution in [0.2, 0.25) is 0 Å². The molecule has 3 rings (SSSR count). The standard InChI is InChI=1S/C20H29N5O3/c1-13-4-3-5-16(21)19-23-12-18(25-19)15-7-6-14(10-17(15)22-11-13)24-20(26)28-9-8-27-2/h6-7,10,12-13,16,22H,3-5,8-9,11,21H2,1-2H3,(H,23,25)(H,24,26)/t13-,16+/m1/s1. The third-order valence-corrected chi connectivity index (χ3v) is 4.86. The number of nitrogens with one attached hydrogen (secondary N) is 3. The molecular formula is C20H29N5O3. The van der Waals surface area contributed by atoms with E-state index in [0.29, 0.717) is 18.2 Å². The van der Waals surface area contributed by atoms with E-state index in [2.05, 4.69) is 27.5 Å². The number of aromatic nitrogens is 2. The van der Waals surface area contributed by atoms with Crippen LogP contribution in [0.25, 0.3) is 11.3 Å². The summed E-state index contributed by atoms with van der Waals surface area (Å²) in [6.07, 6.45) is 4.43. The van der Waals surface area contributed by atoms with Crippen molar-refractivity contribution in [3.8, 4) is 11.3 Å². The highest BCUT2D eigenvalue weighted by Crippen LogP contribution is 2.31. The third kappa shape index (κ3) is 5.24. The number of rotatable bonds is 4. The SMILES string of the molecule is COCCOC(=O)Nc1ccc2c(c1)NC[C@H](C)CCC[C@H](N)c1nc-2c[nH]1. The lowest BCUT2D eigenvalue weighted by Crippen LogP contribution is -2.17. The number of ether oxygens (including phenoxy) is 2. The zero-order valence-electron chi connectivity index (χ0n) is 16.5. The largest absolute Gasteiger partial charge is 0.447 e. The number of benzene rings is 1. The van der Waals surface area contributed by atoms with Gasteiger partial charge in [0.15, 0.2) is 0 Å². The molecule has 28 heavy (non-hydrogen) atoms. The minimum absolute atomic E-state index is 0.0837. The lowest BCUT2D eigenvalue weighted by molar-refractivity contribution is 0.107. The van der Waals surface area contributed by atoms with E-state index in [1.807, 2.05) is 24.4 Å². The van der Waals surface area contributed by atoms with Crippen molar-refractivity contribution in [1.29, 1.82) is 0 Å². The second-order valence-corrected chi connectivity index (χ2v) is 7.21. The molecule has 0 unspecified atom stereocenters. The number of hydrogen-bond donors (Lipinski definition) is 4. The molecule has 1 aromatic heterocycles. The number of carbonyl (C=O) groups excluding carboxylic acids is 1. The molecule has 0 saturated heterocycles. The van der Waals surface area contributed by atoms with Crippen molar-refractivity contribution in [1.82, 2.24) is 9.97 Å². The number of aromatic amines is 1. The number of carbonyl (C=O) groups is 1. The van der Waals surface area contributed by atoms with Crippen molar-refractivity contribution in [2.24, 2.45) is 11.7 Å². The summed E-state index contributed by atoms with van der Waals surface area (Å²) < 4.78 is 9.95. The molecule has 1 aliphatic rings. The van der Waals surface area contributed by atoms with E-state index in [-0.39, 0.29) is 12.6 Å². The van der Waals surface area contributed by atoms with Gasteiger partial charge < -0.3 is 25.5 Å². The Kier molecular flexibility index (Phi) is 6.89. The van der Waals surface area contributed by atoms with E-state index < -0.39 is 6.09 Å². The molecule has 0 saturated carbocycles. The number of methoxy groups -OCH3 is 1. The van der Waals surface area contributed by atoms with Gasteiger partial charge in [-0.25, -0.2) is 9.78 Å². The molecule has 2 atom stereocenters. The topological polar surface area (TPSA) is 114 Å². The maximum absolute atomic E-state index is 11.9. The summed E-state index contributed by atoms with van der Waals surface area (Å²) in [6.45, 7) is 3.63. The van der Waals surface area contributed by atoms with Gasteiger partial charge in [-0.15, -0.1) is 0 Å². The average molecular weight is 387 g/mol. The first-order valence-corrected chi connectivity index (χ1v) is 9.68. The zero-order valence-corrected chi connectivity index (χ0v) is 16.5. The zero-order chi connectivity index (χ0) is 19.9. The van der Waals surface area contributed by atoms with Crippen LogP contribution in [0.5, 0.6) is 0 Å². The first-order valence-electron chi connectivity index (χ1n) is 9.68. The van der Waals surface area contributed by atoms with Crippen LogP contribution < -0.4 is 16.4 Å². The summed E-state index contributed by atoms with van der Waals surface area (Å²) >= 11 is 0. The minimum Gasteiger partial charge on any atom is -0.447 e.